The maximum Gasteiger partial charge on any atom is 0.261 e. The molecular weight excluding hydrogens is 585 g/mol. The molecule has 6 heteroatoms. The number of hydrogen-bond acceptors (Lipinski definition) is 4. The molecule has 0 saturated heterocycles. The lowest BCUT2D eigenvalue weighted by Crippen LogP contribution is -2.66. The standard InChI is InChI=1S/C36H46O2S2Si2/c1-35(2,3)41(31-19-11-7-12-20-31,32-21-13-8-14-22-32)37-27-29-39-40-30-28-38-42(36(4,5)6,33-23-15-9-16-24-33)34-25-17-10-18-26-34/h7-26H,27-30H2,1-6H3. The van der Waals surface area contributed by atoms with Crippen LogP contribution in [0.5, 0.6) is 0 Å². The fraction of sp³-hybridized carbons (Fsp3) is 0.333. The molecule has 0 N–H and O–H groups in total. The SMILES string of the molecule is CC(C)(C)[Si](OCCSSCCO[Si](c1ccccc1)(c1ccccc1)C(C)(C)C)(c1ccccc1)c1ccccc1. The Balaban J connectivity index is 1.41. The average molecular weight is 631 g/mol. The van der Waals surface area contributed by atoms with Gasteiger partial charge < -0.3 is 8.85 Å². The molecule has 222 valence electrons. The van der Waals surface area contributed by atoms with Crippen LogP contribution in [0.25, 0.3) is 0 Å². The van der Waals surface area contributed by atoms with E-state index in [-0.39, 0.29) is 10.1 Å². The minimum absolute atomic E-state index is 0.00283. The summed E-state index contributed by atoms with van der Waals surface area (Å²) in [6.07, 6.45) is 0. The molecule has 0 aliphatic rings. The van der Waals surface area contributed by atoms with E-state index in [4.69, 9.17) is 8.85 Å². The van der Waals surface area contributed by atoms with Crippen molar-refractivity contribution in [1.82, 2.24) is 0 Å². The van der Waals surface area contributed by atoms with Gasteiger partial charge in [-0.2, -0.15) is 0 Å². The highest BCUT2D eigenvalue weighted by atomic mass is 33.1. The largest absolute Gasteiger partial charge is 0.407 e. The molecule has 0 aromatic heterocycles. The van der Waals surface area contributed by atoms with Crippen LogP contribution in [0.2, 0.25) is 10.1 Å². The molecule has 0 unspecified atom stereocenters. The Labute approximate surface area is 264 Å². The van der Waals surface area contributed by atoms with Gasteiger partial charge in [0.05, 0.1) is 0 Å². The number of benzene rings is 4. The third-order valence-corrected chi connectivity index (χ3v) is 20.3. The van der Waals surface area contributed by atoms with E-state index in [2.05, 4.69) is 163 Å². The van der Waals surface area contributed by atoms with Crippen LogP contribution < -0.4 is 20.7 Å². The van der Waals surface area contributed by atoms with Crippen molar-refractivity contribution in [2.24, 2.45) is 0 Å². The summed E-state index contributed by atoms with van der Waals surface area (Å²) >= 11 is 0. The Morgan fingerprint density at radius 1 is 0.429 bits per heavy atom. The monoisotopic (exact) mass is 630 g/mol. The average Bonchev–Trinajstić information content (AvgIpc) is 2.99. The molecule has 0 amide bonds. The van der Waals surface area contributed by atoms with Crippen LogP contribution in [-0.4, -0.2) is 41.4 Å². The van der Waals surface area contributed by atoms with Crippen LogP contribution >= 0.6 is 21.6 Å². The van der Waals surface area contributed by atoms with Gasteiger partial charge in [0, 0.05) is 24.7 Å². The summed E-state index contributed by atoms with van der Waals surface area (Å²) in [4.78, 5) is 0. The van der Waals surface area contributed by atoms with Gasteiger partial charge in [0.2, 0.25) is 0 Å². The smallest absolute Gasteiger partial charge is 0.261 e. The molecule has 0 aliphatic heterocycles. The molecule has 4 aromatic rings. The highest BCUT2D eigenvalue weighted by Gasteiger charge is 2.51. The first-order valence-corrected chi connectivity index (χ1v) is 21.2. The van der Waals surface area contributed by atoms with Crippen molar-refractivity contribution in [3.8, 4) is 0 Å². The first-order valence-electron chi connectivity index (χ1n) is 14.9. The second-order valence-corrected chi connectivity index (χ2v) is 24.0. The lowest BCUT2D eigenvalue weighted by Gasteiger charge is -2.43. The molecule has 0 radical (unpaired) electrons. The maximum absolute atomic E-state index is 7.07. The first kappa shape index (κ1) is 32.8. The topological polar surface area (TPSA) is 18.5 Å². The minimum Gasteiger partial charge on any atom is -0.407 e. The highest BCUT2D eigenvalue weighted by Crippen LogP contribution is 2.38. The molecule has 42 heavy (non-hydrogen) atoms. The van der Waals surface area contributed by atoms with Gasteiger partial charge in [-0.3, -0.25) is 0 Å². The molecule has 0 atom stereocenters. The van der Waals surface area contributed by atoms with E-state index in [0.717, 1.165) is 24.7 Å². The zero-order valence-electron chi connectivity index (χ0n) is 26.0. The summed E-state index contributed by atoms with van der Waals surface area (Å²) in [5, 5.41) is 5.33. The van der Waals surface area contributed by atoms with Gasteiger partial charge in [0.1, 0.15) is 0 Å². The summed E-state index contributed by atoms with van der Waals surface area (Å²) in [6.45, 7) is 15.5. The Morgan fingerprint density at radius 3 is 0.881 bits per heavy atom. The summed E-state index contributed by atoms with van der Waals surface area (Å²) in [7, 11) is -1.19. The lowest BCUT2D eigenvalue weighted by atomic mass is 10.2. The van der Waals surface area contributed by atoms with Crippen LogP contribution in [0, 0.1) is 0 Å². The van der Waals surface area contributed by atoms with Crippen molar-refractivity contribution in [3.63, 3.8) is 0 Å². The van der Waals surface area contributed by atoms with Gasteiger partial charge in [-0.25, -0.2) is 0 Å². The van der Waals surface area contributed by atoms with Crippen LogP contribution in [-0.2, 0) is 8.85 Å². The van der Waals surface area contributed by atoms with E-state index < -0.39 is 16.6 Å². The summed E-state index contributed by atoms with van der Waals surface area (Å²) in [5.74, 6) is 1.88. The predicted molar refractivity (Wildman–Crippen MR) is 192 cm³/mol. The maximum atomic E-state index is 7.07. The van der Waals surface area contributed by atoms with E-state index >= 15 is 0 Å². The van der Waals surface area contributed by atoms with E-state index in [1.54, 1.807) is 0 Å². The van der Waals surface area contributed by atoms with Gasteiger partial charge >= 0.3 is 0 Å². The van der Waals surface area contributed by atoms with E-state index in [1.807, 2.05) is 21.6 Å². The fourth-order valence-electron chi connectivity index (χ4n) is 6.10. The molecule has 2 nitrogen and oxygen atoms in total. The minimum atomic E-state index is -2.49. The van der Waals surface area contributed by atoms with Crippen molar-refractivity contribution in [1.29, 1.82) is 0 Å². The summed E-state index contributed by atoms with van der Waals surface area (Å²) in [6, 6.07) is 43.6. The van der Waals surface area contributed by atoms with Gasteiger partial charge in [0.25, 0.3) is 16.6 Å². The molecule has 0 aliphatic carbocycles. The van der Waals surface area contributed by atoms with Crippen molar-refractivity contribution < 1.29 is 8.85 Å². The molecule has 4 rings (SSSR count). The van der Waals surface area contributed by atoms with Gasteiger partial charge in [-0.05, 0) is 30.8 Å². The van der Waals surface area contributed by atoms with Crippen molar-refractivity contribution >= 4 is 59.0 Å². The number of hydrogen-bond donors (Lipinski definition) is 0. The third kappa shape index (κ3) is 7.17. The zero-order valence-corrected chi connectivity index (χ0v) is 29.6. The van der Waals surface area contributed by atoms with E-state index in [1.165, 1.54) is 20.7 Å². The van der Waals surface area contributed by atoms with Gasteiger partial charge in [0.15, 0.2) is 0 Å². The molecular formula is C36H46O2S2Si2. The molecule has 0 saturated carbocycles. The Kier molecular flexibility index (Phi) is 11.4. The molecule has 0 heterocycles. The molecule has 0 bridgehead atoms. The first-order chi connectivity index (χ1) is 20.1. The van der Waals surface area contributed by atoms with Gasteiger partial charge in [-0.15, -0.1) is 0 Å². The Morgan fingerprint density at radius 2 is 0.667 bits per heavy atom. The number of rotatable bonds is 13. The van der Waals surface area contributed by atoms with Crippen molar-refractivity contribution in [2.75, 3.05) is 24.7 Å². The highest BCUT2D eigenvalue weighted by molar-refractivity contribution is 8.76. The second kappa shape index (κ2) is 14.6. The Bertz CT molecular complexity index is 1150. The Hall–Kier alpha value is -2.07. The second-order valence-electron chi connectivity index (χ2n) is 12.7. The van der Waals surface area contributed by atoms with Crippen LogP contribution in [0.3, 0.4) is 0 Å². The van der Waals surface area contributed by atoms with Crippen molar-refractivity contribution in [2.45, 2.75) is 51.6 Å². The van der Waals surface area contributed by atoms with E-state index in [0.29, 0.717) is 0 Å². The van der Waals surface area contributed by atoms with Gasteiger partial charge in [-0.1, -0.05) is 184 Å². The van der Waals surface area contributed by atoms with Crippen LogP contribution in [0.15, 0.2) is 121 Å². The lowest BCUT2D eigenvalue weighted by molar-refractivity contribution is 0.321. The molecule has 4 aromatic carbocycles. The zero-order chi connectivity index (χ0) is 30.1. The van der Waals surface area contributed by atoms with Crippen molar-refractivity contribution in [3.05, 3.63) is 121 Å². The predicted octanol–water partition coefficient (Wildman–Crippen LogP) is 7.52. The molecule has 0 fully saturated rings. The summed E-state index contributed by atoms with van der Waals surface area (Å²) in [5.41, 5.74) is 0. The fourth-order valence-corrected chi connectivity index (χ4v) is 17.2. The molecule has 0 spiro atoms. The van der Waals surface area contributed by atoms with Crippen LogP contribution in [0.1, 0.15) is 41.5 Å². The van der Waals surface area contributed by atoms with E-state index in [9.17, 15) is 0 Å². The third-order valence-electron chi connectivity index (χ3n) is 7.89. The normalized spacial score (nSPS) is 12.8. The quantitative estimate of drug-likeness (QED) is 0.0864. The van der Waals surface area contributed by atoms with Crippen LogP contribution in [0.4, 0.5) is 0 Å². The summed E-state index contributed by atoms with van der Waals surface area (Å²) < 4.78 is 14.1.